The Balaban J connectivity index is 1.43. The second-order valence-electron chi connectivity index (χ2n) is 6.89. The molecule has 0 saturated carbocycles. The van der Waals surface area contributed by atoms with Gasteiger partial charge in [-0.3, -0.25) is 4.79 Å². The first-order chi connectivity index (χ1) is 14.0. The lowest BCUT2D eigenvalue weighted by Crippen LogP contribution is -2.24. The van der Waals surface area contributed by atoms with Crippen molar-refractivity contribution in [2.75, 3.05) is 42.3 Å². The van der Waals surface area contributed by atoms with Crippen molar-refractivity contribution in [2.24, 2.45) is 0 Å². The van der Waals surface area contributed by atoms with E-state index < -0.39 is 5.82 Å². The smallest absolute Gasteiger partial charge is 0.257 e. The van der Waals surface area contributed by atoms with Crippen molar-refractivity contribution in [3.63, 3.8) is 0 Å². The summed E-state index contributed by atoms with van der Waals surface area (Å²) in [7, 11) is 1.81. The van der Waals surface area contributed by atoms with Crippen LogP contribution in [0.5, 0.6) is 0 Å². The number of nitrogens with zero attached hydrogens (tertiary/aromatic N) is 1. The summed E-state index contributed by atoms with van der Waals surface area (Å²) >= 11 is 0. The van der Waals surface area contributed by atoms with Crippen LogP contribution in [0.2, 0.25) is 0 Å². The molecule has 0 atom stereocenters. The third-order valence-electron chi connectivity index (χ3n) is 4.90. The lowest BCUT2D eigenvalue weighted by atomic mass is 10.1. The first-order valence-corrected chi connectivity index (χ1v) is 9.33. The van der Waals surface area contributed by atoms with Crippen molar-refractivity contribution >= 4 is 28.5 Å². The predicted molar refractivity (Wildman–Crippen MR) is 107 cm³/mol. The molecule has 1 saturated heterocycles. The van der Waals surface area contributed by atoms with Crippen LogP contribution < -0.4 is 15.5 Å². The fourth-order valence-electron chi connectivity index (χ4n) is 3.37. The summed E-state index contributed by atoms with van der Waals surface area (Å²) < 4.78 is 38.7. The average Bonchev–Trinajstić information content (AvgIpc) is 3.31. The lowest BCUT2D eigenvalue weighted by Gasteiger charge is -2.21. The molecule has 0 spiro atoms. The summed E-state index contributed by atoms with van der Waals surface area (Å²) in [5, 5.41) is 5.55. The van der Waals surface area contributed by atoms with Gasteiger partial charge in [0.25, 0.3) is 5.91 Å². The zero-order valence-electron chi connectivity index (χ0n) is 15.9. The molecule has 0 radical (unpaired) electrons. The number of hydrogen-bond donors (Lipinski definition) is 2. The number of halogens is 2. The van der Waals surface area contributed by atoms with Gasteiger partial charge in [0, 0.05) is 37.5 Å². The highest BCUT2D eigenvalue weighted by Crippen LogP contribution is 2.32. The number of anilines is 3. The van der Waals surface area contributed by atoms with Gasteiger partial charge in [-0.25, -0.2) is 8.78 Å². The molecule has 2 aliphatic heterocycles. The van der Waals surface area contributed by atoms with Gasteiger partial charge in [-0.05, 0) is 36.4 Å². The van der Waals surface area contributed by atoms with Crippen molar-refractivity contribution in [3.8, 4) is 0 Å². The molecule has 6 nitrogen and oxygen atoms in total. The molecule has 1 fully saturated rings. The van der Waals surface area contributed by atoms with Crippen LogP contribution in [0.1, 0.15) is 12.0 Å². The molecular formula is C21H21F2N3O3. The maximum atomic E-state index is 14.6. The number of benzene rings is 2. The van der Waals surface area contributed by atoms with Crippen molar-refractivity contribution in [2.45, 2.75) is 12.7 Å². The Morgan fingerprint density at radius 1 is 1.21 bits per heavy atom. The fourth-order valence-corrected chi connectivity index (χ4v) is 3.37. The maximum absolute atomic E-state index is 14.6. The number of nitrogens with one attached hydrogen (secondary N) is 2. The van der Waals surface area contributed by atoms with E-state index in [0.29, 0.717) is 54.4 Å². The van der Waals surface area contributed by atoms with Crippen LogP contribution >= 0.6 is 0 Å². The molecule has 0 unspecified atom stereocenters. The van der Waals surface area contributed by atoms with E-state index >= 15 is 0 Å². The standard InChI is InChI=1S/C21H21F2N3O3/c1-26(7-6-20-28-8-9-29-20)19-5-3-14(11-17(19)23)24-12-16-15-4-2-13(22)10-18(15)25-21(16)27/h2-5,10-12,20,24H,6-9H2,1H3,(H,25,27). The highest BCUT2D eigenvalue weighted by atomic mass is 19.1. The molecule has 2 aliphatic rings. The van der Waals surface area contributed by atoms with Crippen LogP contribution in [-0.4, -0.2) is 39.0 Å². The van der Waals surface area contributed by atoms with Gasteiger partial charge in [0.1, 0.15) is 11.6 Å². The van der Waals surface area contributed by atoms with Crippen LogP contribution in [0.25, 0.3) is 5.57 Å². The van der Waals surface area contributed by atoms with E-state index in [9.17, 15) is 13.6 Å². The molecule has 0 aliphatic carbocycles. The number of carbonyl (C=O) groups excluding carboxylic acids is 1. The number of amides is 1. The zero-order valence-corrected chi connectivity index (χ0v) is 15.9. The van der Waals surface area contributed by atoms with Gasteiger partial charge in [-0.2, -0.15) is 0 Å². The van der Waals surface area contributed by atoms with Crippen molar-refractivity contribution in [3.05, 3.63) is 59.8 Å². The Morgan fingerprint density at radius 2 is 2.00 bits per heavy atom. The molecule has 2 N–H and O–H groups in total. The fraction of sp³-hybridized carbons (Fsp3) is 0.286. The first kappa shape index (κ1) is 19.4. The summed E-state index contributed by atoms with van der Waals surface area (Å²) in [4.78, 5) is 13.9. The molecule has 1 amide bonds. The third kappa shape index (κ3) is 4.23. The molecular weight excluding hydrogens is 380 g/mol. The van der Waals surface area contributed by atoms with Crippen molar-refractivity contribution in [1.29, 1.82) is 0 Å². The number of ether oxygens (including phenoxy) is 2. The summed E-state index contributed by atoms with van der Waals surface area (Å²) in [5.41, 5.74) is 2.33. The Bertz CT molecular complexity index is 958. The average molecular weight is 401 g/mol. The highest BCUT2D eigenvalue weighted by Gasteiger charge is 2.24. The molecule has 2 aromatic carbocycles. The SMILES string of the molecule is CN(CCC1OCCO1)c1ccc(NC=C2C(=O)Nc3cc(F)ccc32)cc1F. The van der Waals surface area contributed by atoms with Crippen LogP contribution in [0.15, 0.2) is 42.6 Å². The van der Waals surface area contributed by atoms with E-state index in [-0.39, 0.29) is 18.0 Å². The van der Waals surface area contributed by atoms with E-state index in [0.717, 1.165) is 0 Å². The molecule has 0 aromatic heterocycles. The van der Waals surface area contributed by atoms with Crippen LogP contribution in [0, 0.1) is 11.6 Å². The predicted octanol–water partition coefficient (Wildman–Crippen LogP) is 3.57. The van der Waals surface area contributed by atoms with Gasteiger partial charge in [0.05, 0.1) is 30.2 Å². The molecule has 2 aromatic rings. The van der Waals surface area contributed by atoms with E-state index in [1.165, 1.54) is 30.5 Å². The van der Waals surface area contributed by atoms with E-state index in [4.69, 9.17) is 9.47 Å². The Labute approximate surface area is 167 Å². The molecule has 4 rings (SSSR count). The van der Waals surface area contributed by atoms with Crippen LogP contribution in [0.4, 0.5) is 25.8 Å². The molecule has 152 valence electrons. The number of hydrogen-bond acceptors (Lipinski definition) is 5. The lowest BCUT2D eigenvalue weighted by molar-refractivity contribution is -0.110. The van der Waals surface area contributed by atoms with E-state index in [1.54, 1.807) is 24.1 Å². The quantitative estimate of drug-likeness (QED) is 0.725. The number of carbonyl (C=O) groups is 1. The summed E-state index contributed by atoms with van der Waals surface area (Å²) in [6.45, 7) is 1.78. The van der Waals surface area contributed by atoms with Crippen molar-refractivity contribution < 1.29 is 23.0 Å². The second kappa shape index (κ2) is 8.18. The van der Waals surface area contributed by atoms with E-state index in [2.05, 4.69) is 10.6 Å². The van der Waals surface area contributed by atoms with Crippen molar-refractivity contribution in [1.82, 2.24) is 0 Å². The zero-order chi connectivity index (χ0) is 20.4. The monoisotopic (exact) mass is 401 g/mol. The summed E-state index contributed by atoms with van der Waals surface area (Å²) in [6.07, 6.45) is 1.91. The topological polar surface area (TPSA) is 62.8 Å². The van der Waals surface area contributed by atoms with Crippen LogP contribution in [-0.2, 0) is 14.3 Å². The summed E-state index contributed by atoms with van der Waals surface area (Å²) in [5.74, 6) is -1.15. The third-order valence-corrected chi connectivity index (χ3v) is 4.90. The van der Waals surface area contributed by atoms with Crippen LogP contribution in [0.3, 0.4) is 0 Å². The minimum atomic E-state index is -0.425. The van der Waals surface area contributed by atoms with Gasteiger partial charge in [-0.1, -0.05) is 0 Å². The second-order valence-corrected chi connectivity index (χ2v) is 6.89. The first-order valence-electron chi connectivity index (χ1n) is 9.33. The van der Waals surface area contributed by atoms with Gasteiger partial charge >= 0.3 is 0 Å². The van der Waals surface area contributed by atoms with Gasteiger partial charge in [0.2, 0.25) is 0 Å². The minimum absolute atomic E-state index is 0.234. The Morgan fingerprint density at radius 3 is 2.76 bits per heavy atom. The molecule has 8 heteroatoms. The maximum Gasteiger partial charge on any atom is 0.257 e. The van der Waals surface area contributed by atoms with Gasteiger partial charge in [-0.15, -0.1) is 0 Å². The Hall–Kier alpha value is -2.97. The molecule has 29 heavy (non-hydrogen) atoms. The number of fused-ring (bicyclic) bond motifs is 1. The normalized spacial score (nSPS) is 17.5. The Kier molecular flexibility index (Phi) is 5.46. The van der Waals surface area contributed by atoms with Gasteiger partial charge in [0.15, 0.2) is 6.29 Å². The molecule has 0 bridgehead atoms. The molecule has 2 heterocycles. The largest absolute Gasteiger partial charge is 0.372 e. The van der Waals surface area contributed by atoms with E-state index in [1.807, 2.05) is 0 Å². The highest BCUT2D eigenvalue weighted by molar-refractivity contribution is 6.31. The summed E-state index contributed by atoms with van der Waals surface area (Å²) in [6, 6.07) is 8.85. The minimum Gasteiger partial charge on any atom is -0.372 e. The van der Waals surface area contributed by atoms with Gasteiger partial charge < -0.3 is 25.0 Å². The number of rotatable bonds is 6.